The maximum atomic E-state index is 12.3. The fraction of sp³-hybridized carbons (Fsp3) is 0.412. The lowest BCUT2D eigenvalue weighted by Crippen LogP contribution is -2.57. The van der Waals surface area contributed by atoms with Crippen LogP contribution >= 0.6 is 0 Å². The van der Waals surface area contributed by atoms with Crippen molar-refractivity contribution in [3.8, 4) is 6.07 Å². The summed E-state index contributed by atoms with van der Waals surface area (Å²) >= 11 is 0. The Hall–Kier alpha value is -2.88. The highest BCUT2D eigenvalue weighted by atomic mass is 16.2. The second kappa shape index (κ2) is 6.32. The highest BCUT2D eigenvalue weighted by Gasteiger charge is 2.36. The van der Waals surface area contributed by atoms with Crippen molar-refractivity contribution in [2.45, 2.75) is 31.2 Å². The Morgan fingerprint density at radius 1 is 1.29 bits per heavy atom. The summed E-state index contributed by atoms with van der Waals surface area (Å²) in [5.41, 5.74) is 1.31. The summed E-state index contributed by atoms with van der Waals surface area (Å²) < 4.78 is 0. The number of amides is 4. The lowest BCUT2D eigenvalue weighted by atomic mass is 9.79. The molecule has 0 aromatic heterocycles. The summed E-state index contributed by atoms with van der Waals surface area (Å²) in [6.07, 6.45) is 1.89. The molecule has 24 heavy (non-hydrogen) atoms. The van der Waals surface area contributed by atoms with Crippen LogP contribution in [-0.2, 0) is 22.4 Å². The molecule has 1 fully saturated rings. The van der Waals surface area contributed by atoms with Crippen LogP contribution in [0.5, 0.6) is 0 Å². The molecule has 7 nitrogen and oxygen atoms in total. The van der Waals surface area contributed by atoms with E-state index in [9.17, 15) is 19.6 Å². The van der Waals surface area contributed by atoms with E-state index >= 15 is 0 Å². The topological polar surface area (TPSA) is 102 Å². The van der Waals surface area contributed by atoms with Crippen molar-refractivity contribution < 1.29 is 14.4 Å². The molecule has 2 aliphatic rings. The van der Waals surface area contributed by atoms with E-state index in [4.69, 9.17) is 0 Å². The van der Waals surface area contributed by atoms with Gasteiger partial charge in [0.15, 0.2) is 0 Å². The number of hydrogen-bond acceptors (Lipinski definition) is 4. The summed E-state index contributed by atoms with van der Waals surface area (Å²) in [6, 6.07) is 9.56. The predicted octanol–water partition coefficient (Wildman–Crippen LogP) is 0.496. The number of benzene rings is 1. The van der Waals surface area contributed by atoms with Crippen molar-refractivity contribution in [3.05, 3.63) is 35.4 Å². The van der Waals surface area contributed by atoms with E-state index in [-0.39, 0.29) is 31.3 Å². The number of aryl methyl sites for hydroxylation is 1. The molecule has 2 N–H and O–H groups in total. The predicted molar refractivity (Wildman–Crippen MR) is 84.7 cm³/mol. The molecule has 0 saturated carbocycles. The van der Waals surface area contributed by atoms with E-state index in [2.05, 4.69) is 16.7 Å². The number of imide groups is 1. The molecule has 124 valence electrons. The summed E-state index contributed by atoms with van der Waals surface area (Å²) in [6.45, 7) is 0.0463. The summed E-state index contributed by atoms with van der Waals surface area (Å²) in [4.78, 5) is 36.4. The molecule has 1 aromatic rings. The quantitative estimate of drug-likeness (QED) is 0.844. The fourth-order valence-corrected chi connectivity index (χ4v) is 3.19. The number of carbonyl (C=O) groups excluding carboxylic acids is 3. The van der Waals surface area contributed by atoms with Crippen LogP contribution in [0.1, 0.15) is 24.0 Å². The molecular weight excluding hydrogens is 308 g/mol. The number of fused-ring (bicyclic) bond motifs is 1. The van der Waals surface area contributed by atoms with Gasteiger partial charge >= 0.3 is 6.03 Å². The zero-order valence-electron chi connectivity index (χ0n) is 13.2. The molecule has 1 aliphatic carbocycles. The first-order chi connectivity index (χ1) is 11.5. The molecule has 0 radical (unpaired) electrons. The van der Waals surface area contributed by atoms with Gasteiger partial charge in [0.1, 0.15) is 12.1 Å². The van der Waals surface area contributed by atoms with Crippen LogP contribution in [-0.4, -0.2) is 41.4 Å². The molecule has 1 heterocycles. The van der Waals surface area contributed by atoms with Crippen molar-refractivity contribution >= 4 is 17.8 Å². The van der Waals surface area contributed by atoms with Gasteiger partial charge in [-0.1, -0.05) is 24.3 Å². The first kappa shape index (κ1) is 16.0. The average Bonchev–Trinajstić information content (AvgIpc) is 2.57. The van der Waals surface area contributed by atoms with Crippen molar-refractivity contribution in [3.63, 3.8) is 0 Å². The molecule has 0 spiro atoms. The average molecular weight is 326 g/mol. The third-order valence-electron chi connectivity index (χ3n) is 4.50. The summed E-state index contributed by atoms with van der Waals surface area (Å²) in [7, 11) is 0. The van der Waals surface area contributed by atoms with Gasteiger partial charge in [0.25, 0.3) is 0 Å². The first-order valence-electron chi connectivity index (χ1n) is 7.89. The number of carbonyl (C=O) groups is 3. The molecule has 1 aromatic carbocycles. The van der Waals surface area contributed by atoms with Crippen LogP contribution in [0.3, 0.4) is 0 Å². The zero-order chi connectivity index (χ0) is 17.2. The van der Waals surface area contributed by atoms with Crippen LogP contribution in [0, 0.1) is 11.3 Å². The number of hydrogen-bond donors (Lipinski definition) is 2. The van der Waals surface area contributed by atoms with E-state index < -0.39 is 11.6 Å². The molecule has 0 bridgehead atoms. The molecular formula is C17H18N4O3. The Balaban J connectivity index is 1.66. The molecule has 4 amide bonds. The molecule has 3 rings (SSSR count). The van der Waals surface area contributed by atoms with E-state index in [1.807, 2.05) is 24.3 Å². The summed E-state index contributed by atoms with van der Waals surface area (Å²) in [5, 5.41) is 14.6. The highest BCUT2D eigenvalue weighted by Crippen LogP contribution is 2.28. The Labute approximate surface area is 139 Å². The number of nitrogens with one attached hydrogen (secondary N) is 2. The third-order valence-corrected chi connectivity index (χ3v) is 4.50. The molecule has 1 saturated heterocycles. The zero-order valence-corrected chi connectivity index (χ0v) is 13.2. The Kier molecular flexibility index (Phi) is 4.21. The van der Waals surface area contributed by atoms with Gasteiger partial charge in [-0.15, -0.1) is 0 Å². The lowest BCUT2D eigenvalue weighted by molar-refractivity contribution is -0.126. The summed E-state index contributed by atoms with van der Waals surface area (Å²) in [5.74, 6) is -0.727. The van der Waals surface area contributed by atoms with Crippen LogP contribution in [0.25, 0.3) is 0 Å². The SMILES string of the molecule is N#C[C@]1(NC(=O)CN2CCC(=O)NC2=O)CCc2ccccc2C1. The maximum Gasteiger partial charge on any atom is 0.324 e. The second-order valence-electron chi connectivity index (χ2n) is 6.21. The van der Waals surface area contributed by atoms with Gasteiger partial charge in [-0.3, -0.25) is 14.9 Å². The van der Waals surface area contributed by atoms with Crippen molar-refractivity contribution in [2.24, 2.45) is 0 Å². The molecule has 7 heteroatoms. The Morgan fingerprint density at radius 3 is 2.75 bits per heavy atom. The number of nitrogens with zero attached hydrogens (tertiary/aromatic N) is 2. The minimum atomic E-state index is -0.951. The second-order valence-corrected chi connectivity index (χ2v) is 6.21. The van der Waals surface area contributed by atoms with Crippen LogP contribution in [0.2, 0.25) is 0 Å². The molecule has 0 unspecified atom stereocenters. The van der Waals surface area contributed by atoms with Gasteiger partial charge in [-0.2, -0.15) is 5.26 Å². The van der Waals surface area contributed by atoms with Crippen molar-refractivity contribution in [1.82, 2.24) is 15.5 Å². The van der Waals surface area contributed by atoms with Gasteiger partial charge in [0, 0.05) is 19.4 Å². The van der Waals surface area contributed by atoms with E-state index in [0.29, 0.717) is 12.8 Å². The smallest absolute Gasteiger partial charge is 0.324 e. The normalized spacial score (nSPS) is 23.0. The highest BCUT2D eigenvalue weighted by molar-refractivity contribution is 5.98. The van der Waals surface area contributed by atoms with Gasteiger partial charge in [0.2, 0.25) is 11.8 Å². The Morgan fingerprint density at radius 2 is 2.04 bits per heavy atom. The number of urea groups is 1. The van der Waals surface area contributed by atoms with E-state index in [1.54, 1.807) is 0 Å². The standard InChI is InChI=1S/C17H18N4O3/c18-11-17(7-5-12-3-1-2-4-13(12)9-17)20-15(23)10-21-8-6-14(22)19-16(21)24/h1-4H,5-10H2,(H,20,23)(H,19,22,24)/t17-/m0/s1. The van der Waals surface area contributed by atoms with E-state index in [0.717, 1.165) is 12.0 Å². The van der Waals surface area contributed by atoms with Crippen LogP contribution in [0.15, 0.2) is 24.3 Å². The molecule has 1 atom stereocenters. The first-order valence-corrected chi connectivity index (χ1v) is 7.89. The largest absolute Gasteiger partial charge is 0.336 e. The minimum absolute atomic E-state index is 0.163. The van der Waals surface area contributed by atoms with Crippen molar-refractivity contribution in [2.75, 3.05) is 13.1 Å². The monoisotopic (exact) mass is 326 g/mol. The van der Waals surface area contributed by atoms with Crippen LogP contribution < -0.4 is 10.6 Å². The number of rotatable bonds is 3. The van der Waals surface area contributed by atoms with Crippen molar-refractivity contribution in [1.29, 1.82) is 5.26 Å². The fourth-order valence-electron chi connectivity index (χ4n) is 3.19. The van der Waals surface area contributed by atoms with Gasteiger partial charge in [0.05, 0.1) is 6.07 Å². The van der Waals surface area contributed by atoms with Gasteiger partial charge in [-0.25, -0.2) is 4.79 Å². The third kappa shape index (κ3) is 3.23. The van der Waals surface area contributed by atoms with E-state index in [1.165, 1.54) is 10.5 Å². The Bertz CT molecular complexity index is 740. The van der Waals surface area contributed by atoms with Gasteiger partial charge in [-0.05, 0) is 24.0 Å². The van der Waals surface area contributed by atoms with Gasteiger partial charge < -0.3 is 10.2 Å². The number of nitriles is 1. The maximum absolute atomic E-state index is 12.3. The van der Waals surface area contributed by atoms with Crippen LogP contribution in [0.4, 0.5) is 4.79 Å². The molecule has 1 aliphatic heterocycles. The lowest BCUT2D eigenvalue weighted by Gasteiger charge is -2.34. The minimum Gasteiger partial charge on any atom is -0.336 e.